The summed E-state index contributed by atoms with van der Waals surface area (Å²) in [4.78, 5) is 4.29. The molecule has 108 valence electrons. The molecule has 21 heavy (non-hydrogen) atoms. The van der Waals surface area contributed by atoms with Crippen LogP contribution in [0.2, 0.25) is 0 Å². The molecule has 0 atom stereocenters. The number of ether oxygens (including phenoxy) is 1. The summed E-state index contributed by atoms with van der Waals surface area (Å²) in [5, 5.41) is 0. The number of pyridine rings is 1. The lowest BCUT2D eigenvalue weighted by Crippen LogP contribution is -2.01. The molecule has 3 rings (SSSR count). The molecule has 6 heteroatoms. The topological polar surface area (TPSA) is 26.5 Å². The standard InChI is InChI=1S/C15H11ClF2N2O/c16-7-10-5-12(17)15(13(18)6-10)21-9-11-8-20-4-2-1-3-14(20)19-11/h1-6,8H,7,9H2. The molecule has 2 aromatic heterocycles. The number of nitrogens with zero attached hydrogens (tertiary/aromatic N) is 2. The average Bonchev–Trinajstić information content (AvgIpc) is 2.88. The highest BCUT2D eigenvalue weighted by molar-refractivity contribution is 6.17. The predicted octanol–water partition coefficient (Wildman–Crippen LogP) is 3.93. The van der Waals surface area contributed by atoms with Crippen molar-refractivity contribution in [2.45, 2.75) is 12.5 Å². The summed E-state index contributed by atoms with van der Waals surface area (Å²) >= 11 is 5.55. The third-order valence-electron chi connectivity index (χ3n) is 2.99. The van der Waals surface area contributed by atoms with Crippen molar-refractivity contribution in [3.05, 3.63) is 65.6 Å². The van der Waals surface area contributed by atoms with Gasteiger partial charge < -0.3 is 9.14 Å². The minimum atomic E-state index is -0.769. The number of imidazole rings is 1. The molecule has 0 fully saturated rings. The summed E-state index contributed by atoms with van der Waals surface area (Å²) in [6.45, 7) is -0.0181. The van der Waals surface area contributed by atoms with E-state index in [1.165, 1.54) is 0 Å². The van der Waals surface area contributed by atoms with Crippen LogP contribution in [0.5, 0.6) is 5.75 Å². The number of alkyl halides is 1. The Labute approximate surface area is 124 Å². The Hall–Kier alpha value is -2.14. The monoisotopic (exact) mass is 308 g/mol. The van der Waals surface area contributed by atoms with E-state index in [1.54, 1.807) is 6.20 Å². The molecule has 0 bridgehead atoms. The van der Waals surface area contributed by atoms with E-state index in [1.807, 2.05) is 28.8 Å². The number of hydrogen-bond donors (Lipinski definition) is 0. The lowest BCUT2D eigenvalue weighted by Gasteiger charge is -2.08. The van der Waals surface area contributed by atoms with E-state index >= 15 is 0 Å². The summed E-state index contributed by atoms with van der Waals surface area (Å²) < 4.78 is 34.5. The SMILES string of the molecule is Fc1cc(CCl)cc(F)c1OCc1cn2ccccc2n1. The molecule has 0 unspecified atom stereocenters. The maximum Gasteiger partial charge on any atom is 0.191 e. The van der Waals surface area contributed by atoms with Gasteiger partial charge in [-0.3, -0.25) is 0 Å². The number of hydrogen-bond acceptors (Lipinski definition) is 2. The first kappa shape index (κ1) is 13.8. The van der Waals surface area contributed by atoms with Crippen molar-refractivity contribution in [3.8, 4) is 5.75 Å². The first-order chi connectivity index (χ1) is 10.2. The lowest BCUT2D eigenvalue weighted by atomic mass is 10.2. The van der Waals surface area contributed by atoms with Gasteiger partial charge in [-0.2, -0.15) is 0 Å². The maximum absolute atomic E-state index is 13.8. The van der Waals surface area contributed by atoms with Crippen LogP contribution in [0, 0.1) is 11.6 Å². The summed E-state index contributed by atoms with van der Waals surface area (Å²) in [6, 6.07) is 7.88. The van der Waals surface area contributed by atoms with Crippen LogP contribution in [-0.2, 0) is 12.5 Å². The van der Waals surface area contributed by atoms with Crippen LogP contribution in [0.4, 0.5) is 8.78 Å². The zero-order chi connectivity index (χ0) is 14.8. The number of fused-ring (bicyclic) bond motifs is 1. The van der Waals surface area contributed by atoms with E-state index in [4.69, 9.17) is 16.3 Å². The van der Waals surface area contributed by atoms with E-state index in [0.29, 0.717) is 11.3 Å². The molecule has 2 heterocycles. The van der Waals surface area contributed by atoms with Gasteiger partial charge in [0.05, 0.1) is 5.69 Å². The molecule has 0 aliphatic carbocycles. The van der Waals surface area contributed by atoms with Gasteiger partial charge >= 0.3 is 0 Å². The van der Waals surface area contributed by atoms with Crippen LogP contribution in [0.15, 0.2) is 42.7 Å². The van der Waals surface area contributed by atoms with Crippen molar-refractivity contribution in [2.75, 3.05) is 0 Å². The van der Waals surface area contributed by atoms with E-state index in [9.17, 15) is 8.78 Å². The molecular formula is C15H11ClF2N2O. The summed E-state index contributed by atoms with van der Waals surface area (Å²) in [5.74, 6) is -1.91. The number of halogens is 3. The Bertz CT molecular complexity index is 732. The Morgan fingerprint density at radius 1 is 1.19 bits per heavy atom. The zero-order valence-electron chi connectivity index (χ0n) is 10.9. The molecule has 0 amide bonds. The fourth-order valence-corrected chi connectivity index (χ4v) is 2.18. The average molecular weight is 309 g/mol. The van der Waals surface area contributed by atoms with Gasteiger partial charge in [0.1, 0.15) is 12.3 Å². The number of aromatic nitrogens is 2. The van der Waals surface area contributed by atoms with Crippen LogP contribution in [0.1, 0.15) is 11.3 Å². The quantitative estimate of drug-likeness (QED) is 0.683. The minimum absolute atomic E-state index is 0.0181. The van der Waals surface area contributed by atoms with Gasteiger partial charge in [0, 0.05) is 18.3 Å². The van der Waals surface area contributed by atoms with Gasteiger partial charge in [0.25, 0.3) is 0 Å². The summed E-state index contributed by atoms with van der Waals surface area (Å²) in [6.07, 6.45) is 3.58. The van der Waals surface area contributed by atoms with Gasteiger partial charge in [0.15, 0.2) is 17.4 Å². The predicted molar refractivity (Wildman–Crippen MR) is 75.4 cm³/mol. The van der Waals surface area contributed by atoms with Crippen molar-refractivity contribution in [2.24, 2.45) is 0 Å². The summed E-state index contributed by atoms with van der Waals surface area (Å²) in [5.41, 5.74) is 1.70. The minimum Gasteiger partial charge on any atom is -0.481 e. The molecule has 1 aromatic carbocycles. The molecule has 0 aliphatic heterocycles. The van der Waals surface area contributed by atoms with E-state index in [2.05, 4.69) is 4.98 Å². The van der Waals surface area contributed by atoms with Crippen LogP contribution >= 0.6 is 11.6 Å². The van der Waals surface area contributed by atoms with Crippen molar-refractivity contribution in [1.82, 2.24) is 9.38 Å². The second-order valence-corrected chi connectivity index (χ2v) is 4.78. The molecule has 3 nitrogen and oxygen atoms in total. The van der Waals surface area contributed by atoms with E-state index in [-0.39, 0.29) is 12.5 Å². The second kappa shape index (κ2) is 5.69. The molecule has 0 spiro atoms. The fourth-order valence-electron chi connectivity index (χ4n) is 2.03. The Kier molecular flexibility index (Phi) is 3.75. The highest BCUT2D eigenvalue weighted by Crippen LogP contribution is 2.25. The van der Waals surface area contributed by atoms with Gasteiger partial charge in [-0.15, -0.1) is 11.6 Å². The number of benzene rings is 1. The Morgan fingerprint density at radius 2 is 1.95 bits per heavy atom. The number of rotatable bonds is 4. The lowest BCUT2D eigenvalue weighted by molar-refractivity contribution is 0.270. The van der Waals surface area contributed by atoms with Crippen LogP contribution in [-0.4, -0.2) is 9.38 Å². The van der Waals surface area contributed by atoms with Crippen molar-refractivity contribution in [3.63, 3.8) is 0 Å². The zero-order valence-corrected chi connectivity index (χ0v) is 11.6. The Balaban J connectivity index is 1.81. The van der Waals surface area contributed by atoms with Crippen molar-refractivity contribution >= 4 is 17.2 Å². The van der Waals surface area contributed by atoms with E-state index in [0.717, 1.165) is 17.8 Å². The highest BCUT2D eigenvalue weighted by atomic mass is 35.5. The maximum atomic E-state index is 13.8. The van der Waals surface area contributed by atoms with Gasteiger partial charge in [-0.25, -0.2) is 13.8 Å². The third kappa shape index (κ3) is 2.83. The van der Waals surface area contributed by atoms with Crippen molar-refractivity contribution < 1.29 is 13.5 Å². The van der Waals surface area contributed by atoms with Crippen LogP contribution in [0.3, 0.4) is 0 Å². The first-order valence-electron chi connectivity index (χ1n) is 6.26. The molecule has 3 aromatic rings. The van der Waals surface area contributed by atoms with Crippen LogP contribution in [0.25, 0.3) is 5.65 Å². The second-order valence-electron chi connectivity index (χ2n) is 4.51. The summed E-state index contributed by atoms with van der Waals surface area (Å²) in [7, 11) is 0. The Morgan fingerprint density at radius 3 is 2.62 bits per heavy atom. The fraction of sp³-hybridized carbons (Fsp3) is 0.133. The van der Waals surface area contributed by atoms with Gasteiger partial charge in [0.2, 0.25) is 0 Å². The third-order valence-corrected chi connectivity index (χ3v) is 3.30. The molecule has 0 saturated heterocycles. The first-order valence-corrected chi connectivity index (χ1v) is 6.80. The van der Waals surface area contributed by atoms with Crippen molar-refractivity contribution in [1.29, 1.82) is 0 Å². The molecular weight excluding hydrogens is 298 g/mol. The van der Waals surface area contributed by atoms with Gasteiger partial charge in [-0.05, 0) is 29.8 Å². The molecule has 0 saturated carbocycles. The van der Waals surface area contributed by atoms with Crippen LogP contribution < -0.4 is 4.74 Å². The molecule has 0 radical (unpaired) electrons. The normalized spacial score (nSPS) is 11.0. The molecule has 0 aliphatic rings. The largest absolute Gasteiger partial charge is 0.481 e. The van der Waals surface area contributed by atoms with Gasteiger partial charge in [-0.1, -0.05) is 6.07 Å². The van der Waals surface area contributed by atoms with E-state index < -0.39 is 17.4 Å². The smallest absolute Gasteiger partial charge is 0.191 e. The molecule has 0 N–H and O–H groups in total. The highest BCUT2D eigenvalue weighted by Gasteiger charge is 2.13.